The van der Waals surface area contributed by atoms with E-state index in [9.17, 15) is 0 Å². The van der Waals surface area contributed by atoms with E-state index >= 15 is 0 Å². The van der Waals surface area contributed by atoms with Crippen LogP contribution in [0.2, 0.25) is 5.02 Å². The Bertz CT molecular complexity index is 721. The number of aromatic nitrogens is 1. The number of hydrogen-bond donors (Lipinski definition) is 1. The van der Waals surface area contributed by atoms with Gasteiger partial charge in [-0.25, -0.2) is 0 Å². The van der Waals surface area contributed by atoms with Crippen LogP contribution in [0.3, 0.4) is 0 Å². The molecular formula is C13H8BrClN2OS. The Hall–Kier alpha value is -1.30. The molecule has 1 aromatic carbocycles. The van der Waals surface area contributed by atoms with Gasteiger partial charge in [-0.1, -0.05) is 28.9 Å². The smallest absolute Gasteiger partial charge is 0.177 e. The van der Waals surface area contributed by atoms with Crippen molar-refractivity contribution >= 4 is 44.7 Å². The summed E-state index contributed by atoms with van der Waals surface area (Å²) in [4.78, 5) is 0. The standard InChI is InChI=1S/C13H8BrClN2OS/c14-10-5-8(6-19-10)12-11(13(16)17-18-12)7-1-3-9(15)4-2-7/h1-6H,(H2,16,17). The number of nitrogens with two attached hydrogens (primary N) is 1. The molecule has 0 unspecified atom stereocenters. The number of halogens is 2. The van der Waals surface area contributed by atoms with Crippen LogP contribution in [0, 0.1) is 0 Å². The molecule has 0 aliphatic heterocycles. The summed E-state index contributed by atoms with van der Waals surface area (Å²) in [5, 5.41) is 6.53. The molecule has 0 fully saturated rings. The molecule has 2 heterocycles. The first kappa shape index (κ1) is 12.7. The number of hydrogen-bond acceptors (Lipinski definition) is 4. The summed E-state index contributed by atoms with van der Waals surface area (Å²) in [6.45, 7) is 0. The Kier molecular flexibility index (Phi) is 3.35. The molecule has 3 nitrogen and oxygen atoms in total. The molecule has 96 valence electrons. The zero-order chi connectivity index (χ0) is 13.4. The quantitative estimate of drug-likeness (QED) is 0.698. The zero-order valence-corrected chi connectivity index (χ0v) is 12.7. The minimum Gasteiger partial charge on any atom is -0.380 e. The van der Waals surface area contributed by atoms with Gasteiger partial charge in [0.25, 0.3) is 0 Å². The van der Waals surface area contributed by atoms with E-state index in [1.54, 1.807) is 11.3 Å². The van der Waals surface area contributed by atoms with Gasteiger partial charge >= 0.3 is 0 Å². The van der Waals surface area contributed by atoms with E-state index in [-0.39, 0.29) is 0 Å². The molecule has 0 aliphatic carbocycles. The van der Waals surface area contributed by atoms with Crippen molar-refractivity contribution in [3.8, 4) is 22.5 Å². The van der Waals surface area contributed by atoms with Crippen molar-refractivity contribution in [3.05, 3.63) is 44.5 Å². The Balaban J connectivity index is 2.16. The SMILES string of the molecule is Nc1noc(-c2csc(Br)c2)c1-c1ccc(Cl)cc1. The van der Waals surface area contributed by atoms with E-state index in [1.165, 1.54) is 0 Å². The van der Waals surface area contributed by atoms with Gasteiger partial charge < -0.3 is 10.3 Å². The molecule has 19 heavy (non-hydrogen) atoms. The molecule has 2 aromatic heterocycles. The third-order valence-electron chi connectivity index (χ3n) is 2.68. The van der Waals surface area contributed by atoms with Crippen LogP contribution in [0.15, 0.2) is 44.0 Å². The van der Waals surface area contributed by atoms with Crippen LogP contribution in [0.1, 0.15) is 0 Å². The van der Waals surface area contributed by atoms with Crippen molar-refractivity contribution in [1.29, 1.82) is 0 Å². The fourth-order valence-corrected chi connectivity index (χ4v) is 3.09. The second kappa shape index (κ2) is 5.00. The van der Waals surface area contributed by atoms with Gasteiger partial charge in [-0.15, -0.1) is 11.3 Å². The van der Waals surface area contributed by atoms with Crippen LogP contribution in [0.25, 0.3) is 22.5 Å². The number of thiophene rings is 1. The van der Waals surface area contributed by atoms with Gasteiger partial charge in [0.1, 0.15) is 0 Å². The predicted octanol–water partition coefficient (Wildman–Crippen LogP) is 5.07. The van der Waals surface area contributed by atoms with E-state index in [2.05, 4.69) is 21.1 Å². The largest absolute Gasteiger partial charge is 0.380 e. The molecule has 0 saturated carbocycles. The number of rotatable bonds is 2. The maximum atomic E-state index is 5.91. The minimum atomic E-state index is 0.375. The summed E-state index contributed by atoms with van der Waals surface area (Å²) < 4.78 is 6.38. The van der Waals surface area contributed by atoms with E-state index in [0.29, 0.717) is 16.6 Å². The number of anilines is 1. The average molecular weight is 356 g/mol. The molecule has 3 rings (SSSR count). The molecule has 3 aromatic rings. The van der Waals surface area contributed by atoms with Crippen molar-refractivity contribution in [2.75, 3.05) is 5.73 Å². The monoisotopic (exact) mass is 354 g/mol. The summed E-state index contributed by atoms with van der Waals surface area (Å²) in [6, 6.07) is 9.41. The van der Waals surface area contributed by atoms with Crippen molar-refractivity contribution < 1.29 is 4.52 Å². The fraction of sp³-hybridized carbons (Fsp3) is 0. The number of nitrogens with zero attached hydrogens (tertiary/aromatic N) is 1. The van der Waals surface area contributed by atoms with Gasteiger partial charge in [0.15, 0.2) is 11.6 Å². The molecule has 0 amide bonds. The third-order valence-corrected chi connectivity index (χ3v) is 4.44. The summed E-state index contributed by atoms with van der Waals surface area (Å²) in [5.41, 5.74) is 8.58. The Morgan fingerprint density at radius 1 is 1.21 bits per heavy atom. The molecule has 0 aliphatic rings. The highest BCUT2D eigenvalue weighted by Gasteiger charge is 2.18. The van der Waals surface area contributed by atoms with Gasteiger partial charge in [-0.05, 0) is 39.7 Å². The van der Waals surface area contributed by atoms with Gasteiger partial charge in [0, 0.05) is 16.0 Å². The fourth-order valence-electron chi connectivity index (χ4n) is 1.82. The minimum absolute atomic E-state index is 0.375. The van der Waals surface area contributed by atoms with Crippen LogP contribution >= 0.6 is 38.9 Å². The highest BCUT2D eigenvalue weighted by Crippen LogP contribution is 2.39. The normalized spacial score (nSPS) is 10.8. The maximum Gasteiger partial charge on any atom is 0.177 e. The van der Waals surface area contributed by atoms with Gasteiger partial charge in [-0.3, -0.25) is 0 Å². The van der Waals surface area contributed by atoms with Crippen molar-refractivity contribution in [3.63, 3.8) is 0 Å². The molecule has 2 N–H and O–H groups in total. The molecule has 0 atom stereocenters. The molecule has 0 bridgehead atoms. The molecular weight excluding hydrogens is 348 g/mol. The first-order valence-corrected chi connectivity index (χ1v) is 7.45. The van der Waals surface area contributed by atoms with E-state index < -0.39 is 0 Å². The lowest BCUT2D eigenvalue weighted by Crippen LogP contribution is -1.88. The molecule has 0 spiro atoms. The van der Waals surface area contributed by atoms with Crippen molar-refractivity contribution in [1.82, 2.24) is 5.16 Å². The van der Waals surface area contributed by atoms with Gasteiger partial charge in [-0.2, -0.15) is 0 Å². The predicted molar refractivity (Wildman–Crippen MR) is 82.4 cm³/mol. The summed E-state index contributed by atoms with van der Waals surface area (Å²) in [6.07, 6.45) is 0. The Labute approximate surface area is 127 Å². The first-order valence-electron chi connectivity index (χ1n) is 5.40. The van der Waals surface area contributed by atoms with Crippen LogP contribution in [0.5, 0.6) is 0 Å². The Morgan fingerprint density at radius 3 is 2.58 bits per heavy atom. The van der Waals surface area contributed by atoms with E-state index in [1.807, 2.05) is 35.7 Å². The third kappa shape index (κ3) is 2.41. The Morgan fingerprint density at radius 2 is 1.95 bits per heavy atom. The lowest BCUT2D eigenvalue weighted by molar-refractivity contribution is 0.436. The topological polar surface area (TPSA) is 52.0 Å². The first-order chi connectivity index (χ1) is 9.15. The summed E-state index contributed by atoms with van der Waals surface area (Å²) in [5.74, 6) is 1.04. The van der Waals surface area contributed by atoms with Crippen molar-refractivity contribution in [2.45, 2.75) is 0 Å². The second-order valence-electron chi connectivity index (χ2n) is 3.92. The zero-order valence-electron chi connectivity index (χ0n) is 9.56. The van der Waals surface area contributed by atoms with Crippen LogP contribution in [-0.2, 0) is 0 Å². The van der Waals surface area contributed by atoms with Crippen LogP contribution in [-0.4, -0.2) is 5.16 Å². The number of nitrogen functional groups attached to an aromatic ring is 1. The molecule has 0 saturated heterocycles. The van der Waals surface area contributed by atoms with Gasteiger partial charge in [0.05, 0.1) is 9.35 Å². The van der Waals surface area contributed by atoms with E-state index in [0.717, 1.165) is 20.5 Å². The highest BCUT2D eigenvalue weighted by atomic mass is 79.9. The molecule has 6 heteroatoms. The summed E-state index contributed by atoms with van der Waals surface area (Å²) >= 11 is 10.9. The van der Waals surface area contributed by atoms with Crippen LogP contribution < -0.4 is 5.73 Å². The van der Waals surface area contributed by atoms with Crippen LogP contribution in [0.4, 0.5) is 5.82 Å². The number of benzene rings is 1. The molecule has 0 radical (unpaired) electrons. The average Bonchev–Trinajstić information content (AvgIpc) is 2.97. The van der Waals surface area contributed by atoms with Crippen molar-refractivity contribution in [2.24, 2.45) is 0 Å². The highest BCUT2D eigenvalue weighted by molar-refractivity contribution is 9.11. The summed E-state index contributed by atoms with van der Waals surface area (Å²) in [7, 11) is 0. The van der Waals surface area contributed by atoms with Gasteiger partial charge in [0.2, 0.25) is 0 Å². The van der Waals surface area contributed by atoms with E-state index in [4.69, 9.17) is 21.9 Å². The lowest BCUT2D eigenvalue weighted by atomic mass is 10.0. The maximum absolute atomic E-state index is 5.91. The second-order valence-corrected chi connectivity index (χ2v) is 6.65. The lowest BCUT2D eigenvalue weighted by Gasteiger charge is -2.01.